The predicted octanol–water partition coefficient (Wildman–Crippen LogP) is 1.65. The van der Waals surface area contributed by atoms with Gasteiger partial charge in [0.05, 0.1) is 13.2 Å². The zero-order chi connectivity index (χ0) is 13.5. The number of nitrogens with one attached hydrogen (secondary N) is 1. The van der Waals surface area contributed by atoms with Crippen molar-refractivity contribution in [2.45, 2.75) is 26.4 Å². The van der Waals surface area contributed by atoms with Crippen LogP contribution in [-0.4, -0.2) is 37.6 Å². The number of carbonyl (C=O) groups is 1. The highest BCUT2D eigenvalue weighted by Crippen LogP contribution is 2.16. The van der Waals surface area contributed by atoms with Crippen LogP contribution < -0.4 is 10.1 Å². The Labute approximate surface area is 109 Å². The number of benzene rings is 1. The number of likely N-dealkylation sites (N-methyl/N-ethyl adjacent to an activating group) is 1. The summed E-state index contributed by atoms with van der Waals surface area (Å²) in [5.74, 6) is 0.945. The summed E-state index contributed by atoms with van der Waals surface area (Å²) in [5.41, 5.74) is 1.05. The molecule has 18 heavy (non-hydrogen) atoms. The summed E-state index contributed by atoms with van der Waals surface area (Å²) < 4.78 is 5.27. The fourth-order valence-corrected chi connectivity index (χ4v) is 1.69. The maximum Gasteiger partial charge on any atom is 0.239 e. The molecule has 1 unspecified atom stereocenters. The van der Waals surface area contributed by atoms with Crippen molar-refractivity contribution >= 4 is 5.91 Å². The van der Waals surface area contributed by atoms with Crippen molar-refractivity contribution in [3.05, 3.63) is 29.8 Å². The van der Waals surface area contributed by atoms with Crippen LogP contribution in [0.25, 0.3) is 0 Å². The highest BCUT2D eigenvalue weighted by Gasteiger charge is 2.15. The Kier molecular flexibility index (Phi) is 5.65. The third kappa shape index (κ3) is 3.74. The van der Waals surface area contributed by atoms with Gasteiger partial charge in [-0.05, 0) is 19.9 Å². The van der Waals surface area contributed by atoms with E-state index in [-0.39, 0.29) is 11.9 Å². The van der Waals surface area contributed by atoms with Crippen LogP contribution in [0.3, 0.4) is 0 Å². The lowest BCUT2D eigenvalue weighted by molar-refractivity contribution is -0.131. The standard InChI is InChI=1S/C14H22N2O2/c1-5-16(3)14(17)11(2)15-10-12-8-6-7-9-13(12)18-4/h6-9,11,15H,5,10H2,1-4H3. The second-order valence-electron chi connectivity index (χ2n) is 4.27. The fourth-order valence-electron chi connectivity index (χ4n) is 1.69. The lowest BCUT2D eigenvalue weighted by Gasteiger charge is -2.21. The number of hydrogen-bond acceptors (Lipinski definition) is 3. The first-order valence-electron chi connectivity index (χ1n) is 6.20. The van der Waals surface area contributed by atoms with Crippen LogP contribution in [0.15, 0.2) is 24.3 Å². The molecule has 1 aromatic carbocycles. The average molecular weight is 250 g/mol. The SMILES string of the molecule is CCN(C)C(=O)C(C)NCc1ccccc1OC. The van der Waals surface area contributed by atoms with Gasteiger partial charge in [0.25, 0.3) is 0 Å². The Bertz CT molecular complexity index is 393. The van der Waals surface area contributed by atoms with E-state index < -0.39 is 0 Å². The Morgan fingerprint density at radius 2 is 2.11 bits per heavy atom. The maximum atomic E-state index is 11.9. The van der Waals surface area contributed by atoms with Crippen LogP contribution >= 0.6 is 0 Å². The number of carbonyl (C=O) groups excluding carboxylic acids is 1. The molecular weight excluding hydrogens is 228 g/mol. The molecular formula is C14H22N2O2. The van der Waals surface area contributed by atoms with E-state index in [1.807, 2.05) is 45.2 Å². The average Bonchev–Trinajstić information content (AvgIpc) is 2.43. The lowest BCUT2D eigenvalue weighted by atomic mass is 10.2. The summed E-state index contributed by atoms with van der Waals surface area (Å²) in [5, 5.41) is 3.22. The van der Waals surface area contributed by atoms with E-state index in [0.717, 1.165) is 17.9 Å². The summed E-state index contributed by atoms with van der Waals surface area (Å²) in [7, 11) is 3.46. The van der Waals surface area contributed by atoms with Gasteiger partial charge in [0.1, 0.15) is 5.75 Å². The van der Waals surface area contributed by atoms with Gasteiger partial charge in [0.15, 0.2) is 0 Å². The van der Waals surface area contributed by atoms with Crippen LogP contribution in [0, 0.1) is 0 Å². The van der Waals surface area contributed by atoms with Crippen molar-refractivity contribution in [3.8, 4) is 5.75 Å². The van der Waals surface area contributed by atoms with Gasteiger partial charge in [-0.2, -0.15) is 0 Å². The van der Waals surface area contributed by atoms with Crippen LogP contribution in [-0.2, 0) is 11.3 Å². The summed E-state index contributed by atoms with van der Waals surface area (Å²) in [6.07, 6.45) is 0. The number of ether oxygens (including phenoxy) is 1. The quantitative estimate of drug-likeness (QED) is 0.834. The molecule has 0 aromatic heterocycles. The van der Waals surface area contributed by atoms with E-state index in [0.29, 0.717) is 6.54 Å². The minimum Gasteiger partial charge on any atom is -0.496 e. The zero-order valence-electron chi connectivity index (χ0n) is 11.6. The first-order chi connectivity index (χ1) is 8.60. The second kappa shape index (κ2) is 7.01. The van der Waals surface area contributed by atoms with Crippen LogP contribution in [0.5, 0.6) is 5.75 Å². The zero-order valence-corrected chi connectivity index (χ0v) is 11.6. The van der Waals surface area contributed by atoms with Gasteiger partial charge in [-0.25, -0.2) is 0 Å². The Balaban J connectivity index is 2.57. The third-order valence-corrected chi connectivity index (χ3v) is 3.01. The fraction of sp³-hybridized carbons (Fsp3) is 0.500. The largest absolute Gasteiger partial charge is 0.496 e. The number of nitrogens with zero attached hydrogens (tertiary/aromatic N) is 1. The second-order valence-corrected chi connectivity index (χ2v) is 4.27. The van der Waals surface area contributed by atoms with Gasteiger partial charge in [-0.3, -0.25) is 4.79 Å². The summed E-state index contributed by atoms with van der Waals surface area (Å²) in [6.45, 7) is 5.18. The van der Waals surface area contributed by atoms with Crippen molar-refractivity contribution in [2.75, 3.05) is 20.7 Å². The Morgan fingerprint density at radius 3 is 2.72 bits per heavy atom. The first-order valence-corrected chi connectivity index (χ1v) is 6.20. The molecule has 0 radical (unpaired) electrons. The third-order valence-electron chi connectivity index (χ3n) is 3.01. The van der Waals surface area contributed by atoms with E-state index in [2.05, 4.69) is 5.32 Å². The van der Waals surface area contributed by atoms with Crippen molar-refractivity contribution in [1.29, 1.82) is 0 Å². The Hall–Kier alpha value is -1.55. The van der Waals surface area contributed by atoms with Crippen LogP contribution in [0.2, 0.25) is 0 Å². The van der Waals surface area contributed by atoms with Gasteiger partial charge in [0, 0.05) is 25.7 Å². The molecule has 1 aromatic rings. The molecule has 0 saturated heterocycles. The maximum absolute atomic E-state index is 11.9. The number of rotatable bonds is 6. The van der Waals surface area contributed by atoms with Crippen molar-refractivity contribution in [1.82, 2.24) is 10.2 Å². The van der Waals surface area contributed by atoms with Crippen molar-refractivity contribution in [3.63, 3.8) is 0 Å². The number of methoxy groups -OCH3 is 1. The minimum absolute atomic E-state index is 0.104. The molecule has 1 rings (SSSR count). The highest BCUT2D eigenvalue weighted by molar-refractivity contribution is 5.81. The van der Waals surface area contributed by atoms with Crippen LogP contribution in [0.1, 0.15) is 19.4 Å². The van der Waals surface area contributed by atoms with Gasteiger partial charge in [-0.1, -0.05) is 18.2 Å². The van der Waals surface area contributed by atoms with E-state index >= 15 is 0 Å². The molecule has 0 spiro atoms. The molecule has 0 saturated carbocycles. The lowest BCUT2D eigenvalue weighted by Crippen LogP contribution is -2.42. The van der Waals surface area contributed by atoms with Gasteiger partial charge >= 0.3 is 0 Å². The molecule has 0 fully saturated rings. The molecule has 1 amide bonds. The predicted molar refractivity (Wildman–Crippen MR) is 72.6 cm³/mol. The van der Waals surface area contributed by atoms with E-state index in [1.54, 1.807) is 12.0 Å². The Morgan fingerprint density at radius 1 is 1.44 bits per heavy atom. The van der Waals surface area contributed by atoms with Crippen molar-refractivity contribution < 1.29 is 9.53 Å². The summed E-state index contributed by atoms with van der Waals surface area (Å²) in [6, 6.07) is 7.61. The molecule has 0 aliphatic heterocycles. The van der Waals surface area contributed by atoms with Gasteiger partial charge < -0.3 is 15.0 Å². The highest BCUT2D eigenvalue weighted by atomic mass is 16.5. The van der Waals surface area contributed by atoms with E-state index in [4.69, 9.17) is 4.74 Å². The summed E-state index contributed by atoms with van der Waals surface area (Å²) in [4.78, 5) is 13.6. The normalized spacial score (nSPS) is 12.0. The van der Waals surface area contributed by atoms with E-state index in [1.165, 1.54) is 0 Å². The topological polar surface area (TPSA) is 41.6 Å². The van der Waals surface area contributed by atoms with Gasteiger partial charge in [0.2, 0.25) is 5.91 Å². The molecule has 100 valence electrons. The van der Waals surface area contributed by atoms with Crippen molar-refractivity contribution in [2.24, 2.45) is 0 Å². The minimum atomic E-state index is -0.195. The molecule has 0 aliphatic rings. The number of amides is 1. The molecule has 0 heterocycles. The number of para-hydroxylation sites is 1. The molecule has 1 N–H and O–H groups in total. The molecule has 4 heteroatoms. The molecule has 1 atom stereocenters. The molecule has 0 aliphatic carbocycles. The van der Waals surface area contributed by atoms with Gasteiger partial charge in [-0.15, -0.1) is 0 Å². The monoisotopic (exact) mass is 250 g/mol. The molecule has 4 nitrogen and oxygen atoms in total. The summed E-state index contributed by atoms with van der Waals surface area (Å²) >= 11 is 0. The molecule has 0 bridgehead atoms. The number of hydrogen-bond donors (Lipinski definition) is 1. The smallest absolute Gasteiger partial charge is 0.239 e. The van der Waals surface area contributed by atoms with Crippen LogP contribution in [0.4, 0.5) is 0 Å². The van der Waals surface area contributed by atoms with E-state index in [9.17, 15) is 4.79 Å². The first kappa shape index (κ1) is 14.5.